The van der Waals surface area contributed by atoms with Crippen LogP contribution in [0.25, 0.3) is 0 Å². The van der Waals surface area contributed by atoms with Crippen molar-refractivity contribution < 1.29 is 19.8 Å². The molecule has 3 N–H and O–H groups in total. The number of phenols is 1. The fourth-order valence-corrected chi connectivity index (χ4v) is 1.81. The normalized spacial score (nSPS) is 10.1. The predicted octanol–water partition coefficient (Wildman–Crippen LogP) is 2.06. The number of pyridine rings is 1. The van der Waals surface area contributed by atoms with Gasteiger partial charge in [-0.1, -0.05) is 6.07 Å². The van der Waals surface area contributed by atoms with Crippen LogP contribution in [-0.2, 0) is 11.2 Å². The average Bonchev–Trinajstić information content (AvgIpc) is 2.47. The summed E-state index contributed by atoms with van der Waals surface area (Å²) in [6.45, 7) is 0. The van der Waals surface area contributed by atoms with Gasteiger partial charge in [-0.25, -0.2) is 0 Å². The molecule has 0 fully saturated rings. The van der Waals surface area contributed by atoms with Gasteiger partial charge in [-0.05, 0) is 36.2 Å². The summed E-state index contributed by atoms with van der Waals surface area (Å²) in [5.41, 5.74) is 1.28. The summed E-state index contributed by atoms with van der Waals surface area (Å²) in [5, 5.41) is 21.0. The minimum absolute atomic E-state index is 0.0333. The summed E-state index contributed by atoms with van der Waals surface area (Å²) in [7, 11) is 0. The van der Waals surface area contributed by atoms with E-state index in [1.54, 1.807) is 24.4 Å². The molecule has 0 aliphatic rings. The zero-order chi connectivity index (χ0) is 15.2. The fourth-order valence-electron chi connectivity index (χ4n) is 1.81. The molecule has 0 saturated carbocycles. The topological polar surface area (TPSA) is 99.5 Å². The van der Waals surface area contributed by atoms with E-state index in [2.05, 4.69) is 10.3 Å². The maximum absolute atomic E-state index is 12.1. The molecule has 1 aromatic heterocycles. The number of phenolic OH excluding ortho intramolecular Hbond substituents is 1. The van der Waals surface area contributed by atoms with E-state index in [1.807, 2.05) is 0 Å². The Morgan fingerprint density at radius 1 is 1.24 bits per heavy atom. The lowest BCUT2D eigenvalue weighted by molar-refractivity contribution is -0.136. The smallest absolute Gasteiger partial charge is 0.303 e. The van der Waals surface area contributed by atoms with Gasteiger partial charge in [0.2, 0.25) is 0 Å². The summed E-state index contributed by atoms with van der Waals surface area (Å²) in [5.74, 6) is -1.54. The van der Waals surface area contributed by atoms with Gasteiger partial charge in [0.1, 0.15) is 5.75 Å². The van der Waals surface area contributed by atoms with Crippen LogP contribution in [0, 0.1) is 0 Å². The number of carboxylic acid groups (broad SMARTS) is 1. The van der Waals surface area contributed by atoms with Crippen LogP contribution in [0.15, 0.2) is 42.7 Å². The molecule has 2 aromatic rings. The Bertz CT molecular complexity index is 656. The number of nitrogens with zero attached hydrogens (tertiary/aromatic N) is 1. The van der Waals surface area contributed by atoms with E-state index in [-0.39, 0.29) is 17.7 Å². The average molecular weight is 286 g/mol. The second-order valence-electron chi connectivity index (χ2n) is 4.44. The number of carbonyl (C=O) groups is 2. The van der Waals surface area contributed by atoms with Crippen molar-refractivity contribution in [1.29, 1.82) is 0 Å². The van der Waals surface area contributed by atoms with Crippen LogP contribution in [0.5, 0.6) is 5.75 Å². The van der Waals surface area contributed by atoms with Crippen LogP contribution < -0.4 is 5.32 Å². The first-order chi connectivity index (χ1) is 10.1. The molecule has 1 amide bonds. The molecule has 0 bridgehead atoms. The monoisotopic (exact) mass is 286 g/mol. The third-order valence-electron chi connectivity index (χ3n) is 2.85. The molecule has 6 nitrogen and oxygen atoms in total. The van der Waals surface area contributed by atoms with Crippen LogP contribution in [0.2, 0.25) is 0 Å². The van der Waals surface area contributed by atoms with E-state index in [1.165, 1.54) is 18.3 Å². The lowest BCUT2D eigenvalue weighted by Crippen LogP contribution is -2.12. The first-order valence-electron chi connectivity index (χ1n) is 6.31. The fraction of sp³-hybridized carbons (Fsp3) is 0.133. The molecule has 1 heterocycles. The molecule has 0 unspecified atom stereocenters. The Morgan fingerprint density at radius 3 is 2.71 bits per heavy atom. The highest BCUT2D eigenvalue weighted by Crippen LogP contribution is 2.20. The van der Waals surface area contributed by atoms with Crippen LogP contribution in [0.1, 0.15) is 22.3 Å². The number of aromatic nitrogens is 1. The first-order valence-corrected chi connectivity index (χ1v) is 6.31. The molecule has 0 saturated heterocycles. The molecule has 108 valence electrons. The summed E-state index contributed by atoms with van der Waals surface area (Å²) < 4.78 is 0. The molecule has 0 aliphatic carbocycles. The van der Waals surface area contributed by atoms with Gasteiger partial charge in [0, 0.05) is 12.6 Å². The highest BCUT2D eigenvalue weighted by Gasteiger charge is 2.13. The zero-order valence-corrected chi connectivity index (χ0v) is 11.1. The van der Waals surface area contributed by atoms with Gasteiger partial charge < -0.3 is 15.5 Å². The summed E-state index contributed by atoms with van der Waals surface area (Å²) in [6.07, 6.45) is 3.33. The van der Waals surface area contributed by atoms with E-state index >= 15 is 0 Å². The molecule has 0 radical (unpaired) electrons. The molecule has 0 aliphatic heterocycles. The second kappa shape index (κ2) is 6.51. The largest absolute Gasteiger partial charge is 0.507 e. The number of benzene rings is 1. The van der Waals surface area contributed by atoms with Crippen molar-refractivity contribution in [2.24, 2.45) is 0 Å². The molecule has 0 spiro atoms. The Hall–Kier alpha value is -2.89. The van der Waals surface area contributed by atoms with Gasteiger partial charge in [-0.2, -0.15) is 0 Å². The third-order valence-corrected chi connectivity index (χ3v) is 2.85. The van der Waals surface area contributed by atoms with E-state index < -0.39 is 11.9 Å². The molecule has 2 rings (SSSR count). The first kappa shape index (κ1) is 14.5. The number of aryl methyl sites for hydroxylation is 1. The van der Waals surface area contributed by atoms with Crippen LogP contribution in [-0.4, -0.2) is 27.1 Å². The SMILES string of the molecule is O=C(O)CCc1ccc(O)c(C(=O)Nc2cccnc2)c1. The van der Waals surface area contributed by atoms with Crippen molar-refractivity contribution in [3.8, 4) is 5.75 Å². The van der Waals surface area contributed by atoms with Crippen molar-refractivity contribution in [3.63, 3.8) is 0 Å². The van der Waals surface area contributed by atoms with E-state index in [4.69, 9.17) is 5.11 Å². The molecule has 6 heteroatoms. The maximum atomic E-state index is 12.1. The van der Waals surface area contributed by atoms with Crippen molar-refractivity contribution in [1.82, 2.24) is 4.98 Å². The quantitative estimate of drug-likeness (QED) is 0.781. The van der Waals surface area contributed by atoms with Gasteiger partial charge in [-0.3, -0.25) is 14.6 Å². The summed E-state index contributed by atoms with van der Waals surface area (Å²) in [4.78, 5) is 26.6. The van der Waals surface area contributed by atoms with Gasteiger partial charge >= 0.3 is 5.97 Å². The van der Waals surface area contributed by atoms with Crippen LogP contribution >= 0.6 is 0 Å². The molecule has 0 atom stereocenters. The van der Waals surface area contributed by atoms with E-state index in [0.29, 0.717) is 17.7 Å². The summed E-state index contributed by atoms with van der Waals surface area (Å²) >= 11 is 0. The highest BCUT2D eigenvalue weighted by atomic mass is 16.4. The highest BCUT2D eigenvalue weighted by molar-refractivity contribution is 6.06. The van der Waals surface area contributed by atoms with Crippen molar-refractivity contribution in [2.45, 2.75) is 12.8 Å². The Balaban J connectivity index is 2.16. The van der Waals surface area contributed by atoms with Gasteiger partial charge in [0.15, 0.2) is 0 Å². The third kappa shape index (κ3) is 4.04. The molecular formula is C15H14N2O4. The minimum atomic E-state index is -0.913. The van der Waals surface area contributed by atoms with Crippen LogP contribution in [0.4, 0.5) is 5.69 Å². The Labute approximate surface area is 121 Å². The number of rotatable bonds is 5. The molecular weight excluding hydrogens is 272 g/mol. The number of anilines is 1. The van der Waals surface area contributed by atoms with Crippen molar-refractivity contribution >= 4 is 17.6 Å². The lowest BCUT2D eigenvalue weighted by Gasteiger charge is -2.08. The number of carboxylic acids is 1. The number of nitrogens with one attached hydrogen (secondary N) is 1. The number of aromatic hydroxyl groups is 1. The molecule has 21 heavy (non-hydrogen) atoms. The lowest BCUT2D eigenvalue weighted by atomic mass is 10.0. The second-order valence-corrected chi connectivity index (χ2v) is 4.44. The Morgan fingerprint density at radius 2 is 2.05 bits per heavy atom. The summed E-state index contributed by atoms with van der Waals surface area (Å²) in [6, 6.07) is 7.83. The number of carbonyl (C=O) groups excluding carboxylic acids is 1. The van der Waals surface area contributed by atoms with Gasteiger partial charge in [0.25, 0.3) is 5.91 Å². The van der Waals surface area contributed by atoms with Gasteiger partial charge in [-0.15, -0.1) is 0 Å². The number of hydrogen-bond donors (Lipinski definition) is 3. The Kier molecular flexibility index (Phi) is 4.50. The van der Waals surface area contributed by atoms with Gasteiger partial charge in [0.05, 0.1) is 17.4 Å². The van der Waals surface area contributed by atoms with E-state index in [0.717, 1.165) is 0 Å². The predicted molar refractivity (Wildman–Crippen MR) is 76.3 cm³/mol. The number of amides is 1. The minimum Gasteiger partial charge on any atom is -0.507 e. The van der Waals surface area contributed by atoms with Crippen LogP contribution in [0.3, 0.4) is 0 Å². The standard InChI is InChI=1S/C15H14N2O4/c18-13-5-3-10(4-6-14(19)20)8-12(13)15(21)17-11-2-1-7-16-9-11/h1-3,5,7-9,18H,4,6H2,(H,17,21)(H,19,20). The number of hydrogen-bond acceptors (Lipinski definition) is 4. The maximum Gasteiger partial charge on any atom is 0.303 e. The molecule has 1 aromatic carbocycles. The van der Waals surface area contributed by atoms with Crippen molar-refractivity contribution in [2.75, 3.05) is 5.32 Å². The van der Waals surface area contributed by atoms with Crippen molar-refractivity contribution in [3.05, 3.63) is 53.9 Å². The zero-order valence-electron chi connectivity index (χ0n) is 11.1. The van der Waals surface area contributed by atoms with E-state index in [9.17, 15) is 14.7 Å². The number of aliphatic carboxylic acids is 1.